The van der Waals surface area contributed by atoms with Gasteiger partial charge in [-0.15, -0.1) is 10.2 Å². The van der Waals surface area contributed by atoms with Crippen LogP contribution < -0.4 is 9.47 Å². The lowest BCUT2D eigenvalue weighted by Crippen LogP contribution is -2.06. The zero-order chi connectivity index (χ0) is 23.2. The molecule has 0 saturated carbocycles. The Bertz CT molecular complexity index is 1220. The molecule has 0 saturated heterocycles. The number of rotatable bonds is 9. The number of furan rings is 1. The molecule has 2 aromatic carbocycles. The number of esters is 1. The van der Waals surface area contributed by atoms with Gasteiger partial charge in [0.25, 0.3) is 0 Å². The minimum Gasteiger partial charge on any atom is -0.497 e. The highest BCUT2D eigenvalue weighted by Gasteiger charge is 2.18. The number of benzene rings is 2. The van der Waals surface area contributed by atoms with E-state index < -0.39 is 5.97 Å². The van der Waals surface area contributed by atoms with E-state index >= 15 is 0 Å². The fourth-order valence-electron chi connectivity index (χ4n) is 3.21. The smallest absolute Gasteiger partial charge is 0.341 e. The number of carbonyl (C=O) groups excluding carboxylic acids is 1. The van der Waals surface area contributed by atoms with Gasteiger partial charge in [0.2, 0.25) is 0 Å². The second-order valence-electron chi connectivity index (χ2n) is 7.00. The first-order valence-electron chi connectivity index (χ1n) is 10.2. The van der Waals surface area contributed by atoms with Crippen LogP contribution in [-0.2, 0) is 17.1 Å². The zero-order valence-electron chi connectivity index (χ0n) is 18.5. The average molecular weight is 466 g/mol. The van der Waals surface area contributed by atoms with E-state index in [0.717, 1.165) is 11.4 Å². The van der Waals surface area contributed by atoms with Crippen LogP contribution >= 0.6 is 11.8 Å². The summed E-state index contributed by atoms with van der Waals surface area (Å²) in [6.07, 6.45) is 0. The minimum atomic E-state index is -0.419. The predicted molar refractivity (Wildman–Crippen MR) is 123 cm³/mol. The first-order chi connectivity index (χ1) is 16.1. The monoisotopic (exact) mass is 465 g/mol. The maximum Gasteiger partial charge on any atom is 0.341 e. The molecule has 0 amide bonds. The maximum absolute atomic E-state index is 11.9. The van der Waals surface area contributed by atoms with Crippen LogP contribution in [0.2, 0.25) is 0 Å². The van der Waals surface area contributed by atoms with Crippen molar-refractivity contribution in [1.29, 1.82) is 0 Å². The van der Waals surface area contributed by atoms with Crippen LogP contribution in [0.25, 0.3) is 5.69 Å². The third-order valence-electron chi connectivity index (χ3n) is 4.86. The quantitative estimate of drug-likeness (QED) is 0.256. The van der Waals surface area contributed by atoms with E-state index in [1.807, 2.05) is 59.2 Å². The van der Waals surface area contributed by atoms with Crippen LogP contribution in [-0.4, -0.2) is 35.0 Å². The number of ether oxygens (including phenoxy) is 3. The van der Waals surface area contributed by atoms with Gasteiger partial charge in [-0.2, -0.15) is 0 Å². The zero-order valence-corrected chi connectivity index (χ0v) is 19.3. The van der Waals surface area contributed by atoms with Crippen LogP contribution in [0.3, 0.4) is 0 Å². The molecule has 170 valence electrons. The normalized spacial score (nSPS) is 10.8. The summed E-state index contributed by atoms with van der Waals surface area (Å²) in [5.74, 6) is 3.35. The number of aromatic nitrogens is 3. The van der Waals surface area contributed by atoms with Crippen LogP contribution in [0.4, 0.5) is 0 Å². The molecule has 0 aliphatic carbocycles. The largest absolute Gasteiger partial charge is 0.497 e. The first kappa shape index (κ1) is 22.5. The Balaban J connectivity index is 1.54. The van der Waals surface area contributed by atoms with Gasteiger partial charge in [-0.3, -0.25) is 4.57 Å². The summed E-state index contributed by atoms with van der Waals surface area (Å²) in [7, 11) is 2.97. The molecule has 0 spiro atoms. The molecule has 0 unspecified atom stereocenters. The van der Waals surface area contributed by atoms with Gasteiger partial charge in [0.05, 0.1) is 20.0 Å². The molecule has 0 aliphatic rings. The number of carbonyl (C=O) groups is 1. The van der Waals surface area contributed by atoms with Crippen LogP contribution in [0.15, 0.2) is 70.2 Å². The molecule has 0 bridgehead atoms. The predicted octanol–water partition coefficient (Wildman–Crippen LogP) is 4.84. The van der Waals surface area contributed by atoms with Crippen molar-refractivity contribution in [2.45, 2.75) is 24.4 Å². The van der Waals surface area contributed by atoms with Gasteiger partial charge >= 0.3 is 5.97 Å². The van der Waals surface area contributed by atoms with Gasteiger partial charge in [0.1, 0.15) is 35.2 Å². The van der Waals surface area contributed by atoms with E-state index in [0.29, 0.717) is 39.6 Å². The van der Waals surface area contributed by atoms with E-state index in [4.69, 9.17) is 18.6 Å². The molecule has 2 heterocycles. The summed E-state index contributed by atoms with van der Waals surface area (Å²) in [6.45, 7) is 1.97. The number of hydrogen-bond donors (Lipinski definition) is 0. The highest BCUT2D eigenvalue weighted by Crippen LogP contribution is 2.28. The van der Waals surface area contributed by atoms with E-state index in [1.54, 1.807) is 20.1 Å². The molecule has 4 aromatic rings. The molecule has 0 aliphatic heterocycles. The molecule has 9 heteroatoms. The number of hydrogen-bond acceptors (Lipinski definition) is 8. The molecule has 4 rings (SSSR count). The number of aryl methyl sites for hydroxylation is 1. The molecular formula is C24H23N3O5S. The van der Waals surface area contributed by atoms with Crippen molar-refractivity contribution in [3.8, 4) is 17.2 Å². The molecule has 8 nitrogen and oxygen atoms in total. The SMILES string of the molecule is COC(=O)c1cc(CSc2nnc(COc3ccc(OC)cc3)n2-c2ccccc2)oc1C. The standard InChI is InChI=1S/C24H23N3O5S/c1-16-21(23(28)30-3)13-20(32-16)15-33-24-26-25-22(27(24)17-7-5-4-6-8-17)14-31-19-11-9-18(29-2)10-12-19/h4-13H,14-15H2,1-3H3. The Labute approximate surface area is 195 Å². The van der Waals surface area contributed by atoms with Crippen molar-refractivity contribution in [2.75, 3.05) is 14.2 Å². The molecule has 0 radical (unpaired) electrons. The Morgan fingerprint density at radius 3 is 2.45 bits per heavy atom. The molecule has 33 heavy (non-hydrogen) atoms. The second kappa shape index (κ2) is 10.3. The highest BCUT2D eigenvalue weighted by atomic mass is 32.2. The van der Waals surface area contributed by atoms with Crippen LogP contribution in [0.5, 0.6) is 11.5 Å². The number of para-hydroxylation sites is 1. The molecule has 0 fully saturated rings. The summed E-state index contributed by atoms with van der Waals surface area (Å²) >= 11 is 1.46. The van der Waals surface area contributed by atoms with E-state index in [2.05, 4.69) is 10.2 Å². The van der Waals surface area contributed by atoms with E-state index in [9.17, 15) is 4.79 Å². The van der Waals surface area contributed by atoms with Crippen molar-refractivity contribution >= 4 is 17.7 Å². The number of methoxy groups -OCH3 is 2. The summed E-state index contributed by atoms with van der Waals surface area (Å²) in [5, 5.41) is 9.41. The van der Waals surface area contributed by atoms with Gasteiger partial charge in [0.15, 0.2) is 11.0 Å². The molecule has 0 atom stereocenters. The van der Waals surface area contributed by atoms with Crippen molar-refractivity contribution < 1.29 is 23.4 Å². The maximum atomic E-state index is 11.9. The Morgan fingerprint density at radius 1 is 1.03 bits per heavy atom. The van der Waals surface area contributed by atoms with Crippen molar-refractivity contribution in [1.82, 2.24) is 14.8 Å². The Morgan fingerprint density at radius 2 is 1.76 bits per heavy atom. The molecular weight excluding hydrogens is 442 g/mol. The third-order valence-corrected chi connectivity index (χ3v) is 5.81. The lowest BCUT2D eigenvalue weighted by atomic mass is 10.2. The molecule has 0 N–H and O–H groups in total. The fraction of sp³-hybridized carbons (Fsp3) is 0.208. The fourth-order valence-corrected chi connectivity index (χ4v) is 4.06. The van der Waals surface area contributed by atoms with Crippen molar-refractivity contribution in [3.05, 3.63) is 83.6 Å². The van der Waals surface area contributed by atoms with Gasteiger partial charge < -0.3 is 18.6 Å². The second-order valence-corrected chi connectivity index (χ2v) is 7.94. The average Bonchev–Trinajstić information content (AvgIpc) is 3.44. The van der Waals surface area contributed by atoms with Crippen molar-refractivity contribution in [2.24, 2.45) is 0 Å². The molecule has 2 aromatic heterocycles. The summed E-state index contributed by atoms with van der Waals surface area (Å²) in [6, 6.07) is 18.9. The van der Waals surface area contributed by atoms with Gasteiger partial charge in [-0.1, -0.05) is 30.0 Å². The van der Waals surface area contributed by atoms with Gasteiger partial charge in [-0.25, -0.2) is 4.79 Å². The minimum absolute atomic E-state index is 0.237. The lowest BCUT2D eigenvalue weighted by Gasteiger charge is -2.11. The number of nitrogens with zero attached hydrogens (tertiary/aromatic N) is 3. The Hall–Kier alpha value is -3.72. The number of thioether (sulfide) groups is 1. The van der Waals surface area contributed by atoms with Gasteiger partial charge in [0, 0.05) is 5.69 Å². The van der Waals surface area contributed by atoms with Gasteiger partial charge in [-0.05, 0) is 49.4 Å². The summed E-state index contributed by atoms with van der Waals surface area (Å²) in [4.78, 5) is 11.9. The van der Waals surface area contributed by atoms with E-state index in [-0.39, 0.29) is 6.61 Å². The first-order valence-corrected chi connectivity index (χ1v) is 11.1. The van der Waals surface area contributed by atoms with Crippen LogP contribution in [0.1, 0.15) is 27.7 Å². The summed E-state index contributed by atoms with van der Waals surface area (Å²) < 4.78 is 23.6. The highest BCUT2D eigenvalue weighted by molar-refractivity contribution is 7.98. The summed E-state index contributed by atoms with van der Waals surface area (Å²) in [5.41, 5.74) is 1.34. The van der Waals surface area contributed by atoms with Crippen molar-refractivity contribution in [3.63, 3.8) is 0 Å². The van der Waals surface area contributed by atoms with Crippen LogP contribution in [0, 0.1) is 6.92 Å². The third kappa shape index (κ3) is 5.20. The Kier molecular flexibility index (Phi) is 6.99. The topological polar surface area (TPSA) is 88.6 Å². The van der Waals surface area contributed by atoms with E-state index in [1.165, 1.54) is 18.9 Å². The lowest BCUT2D eigenvalue weighted by molar-refractivity contribution is 0.0599.